The molecule has 1 aromatic carbocycles. The maximum absolute atomic E-state index is 12.4. The summed E-state index contributed by atoms with van der Waals surface area (Å²) in [5.74, 6) is 0.762. The summed E-state index contributed by atoms with van der Waals surface area (Å²) in [5, 5.41) is 0.630. The van der Waals surface area contributed by atoms with Crippen LogP contribution in [0.4, 0.5) is 0 Å². The third kappa shape index (κ3) is 3.71. The molecule has 0 aromatic heterocycles. The van der Waals surface area contributed by atoms with E-state index in [9.17, 15) is 9.59 Å². The summed E-state index contributed by atoms with van der Waals surface area (Å²) < 4.78 is 5.34. The Balaban J connectivity index is 2.04. The number of amides is 2. The lowest BCUT2D eigenvalue weighted by Gasteiger charge is -2.34. The molecule has 0 unspecified atom stereocenters. The normalized spacial score (nSPS) is 14.9. The van der Waals surface area contributed by atoms with Gasteiger partial charge in [-0.05, 0) is 24.6 Å². The molecule has 0 aliphatic carbocycles. The number of aryl methyl sites for hydroxylation is 1. The van der Waals surface area contributed by atoms with Crippen molar-refractivity contribution in [2.24, 2.45) is 0 Å². The van der Waals surface area contributed by atoms with Gasteiger partial charge in [0.15, 0.2) is 0 Å². The highest BCUT2D eigenvalue weighted by Gasteiger charge is 2.23. The predicted molar refractivity (Wildman–Crippen MR) is 85.3 cm³/mol. The molecule has 1 fully saturated rings. The number of carbonyl (C=O) groups is 2. The lowest BCUT2D eigenvalue weighted by molar-refractivity contribution is -0.138. The molecule has 1 saturated heterocycles. The Kier molecular flexibility index (Phi) is 5.29. The van der Waals surface area contributed by atoms with Crippen molar-refractivity contribution in [3.63, 3.8) is 0 Å². The van der Waals surface area contributed by atoms with E-state index in [-0.39, 0.29) is 18.2 Å². The highest BCUT2D eigenvalue weighted by molar-refractivity contribution is 6.31. The van der Waals surface area contributed by atoms with Crippen molar-refractivity contribution < 1.29 is 14.3 Å². The Morgan fingerprint density at radius 3 is 2.32 bits per heavy atom. The first kappa shape index (κ1) is 16.6. The summed E-state index contributed by atoms with van der Waals surface area (Å²) in [4.78, 5) is 27.3. The number of rotatable bonds is 3. The molecule has 1 heterocycles. The van der Waals surface area contributed by atoms with E-state index in [0.29, 0.717) is 37.0 Å². The molecule has 6 heteroatoms. The third-order valence-electron chi connectivity index (χ3n) is 3.98. The van der Waals surface area contributed by atoms with Crippen molar-refractivity contribution in [2.45, 2.75) is 20.3 Å². The van der Waals surface area contributed by atoms with Crippen molar-refractivity contribution >= 4 is 23.4 Å². The highest BCUT2D eigenvalue weighted by Crippen LogP contribution is 2.27. The van der Waals surface area contributed by atoms with Gasteiger partial charge in [-0.25, -0.2) is 0 Å². The average molecular weight is 325 g/mol. The van der Waals surface area contributed by atoms with Gasteiger partial charge < -0.3 is 14.5 Å². The fourth-order valence-corrected chi connectivity index (χ4v) is 2.76. The van der Waals surface area contributed by atoms with Crippen LogP contribution >= 0.6 is 11.6 Å². The summed E-state index contributed by atoms with van der Waals surface area (Å²) >= 11 is 6.14. The van der Waals surface area contributed by atoms with Crippen LogP contribution in [-0.4, -0.2) is 54.9 Å². The molecule has 2 rings (SSSR count). The number of carbonyl (C=O) groups excluding carboxylic acids is 2. The number of hydrogen-bond donors (Lipinski definition) is 0. The van der Waals surface area contributed by atoms with Crippen LogP contribution < -0.4 is 4.74 Å². The molecule has 0 radical (unpaired) electrons. The lowest BCUT2D eigenvalue weighted by Crippen LogP contribution is -2.50. The summed E-state index contributed by atoms with van der Waals surface area (Å²) in [6.07, 6.45) is 0.253. The second-order valence-corrected chi connectivity index (χ2v) is 5.88. The van der Waals surface area contributed by atoms with Crippen LogP contribution in [0.25, 0.3) is 0 Å². The van der Waals surface area contributed by atoms with E-state index in [1.165, 1.54) is 0 Å². The van der Waals surface area contributed by atoms with Crippen molar-refractivity contribution in [1.82, 2.24) is 9.80 Å². The molecule has 0 N–H and O–H groups in total. The van der Waals surface area contributed by atoms with Crippen LogP contribution in [0.2, 0.25) is 5.02 Å². The Morgan fingerprint density at radius 1 is 1.18 bits per heavy atom. The minimum atomic E-state index is 0.0291. The van der Waals surface area contributed by atoms with Gasteiger partial charge in [0, 0.05) is 43.7 Å². The molecule has 1 aliphatic rings. The summed E-state index contributed by atoms with van der Waals surface area (Å²) in [5.41, 5.74) is 1.71. The van der Waals surface area contributed by atoms with Gasteiger partial charge in [0.2, 0.25) is 11.8 Å². The standard InChI is InChI=1S/C16H21ClN2O3/c1-11-8-15(22-3)13(9-14(11)17)10-16(21)19-6-4-18(5-7-19)12(2)20/h8-9H,4-7,10H2,1-3H3. The summed E-state index contributed by atoms with van der Waals surface area (Å²) in [6, 6.07) is 3.64. The molecule has 0 spiro atoms. The largest absolute Gasteiger partial charge is 0.496 e. The molecule has 120 valence electrons. The zero-order chi connectivity index (χ0) is 16.3. The maximum atomic E-state index is 12.4. The molecule has 5 nitrogen and oxygen atoms in total. The molecule has 2 amide bonds. The van der Waals surface area contributed by atoms with Crippen LogP contribution in [-0.2, 0) is 16.0 Å². The van der Waals surface area contributed by atoms with E-state index >= 15 is 0 Å². The zero-order valence-corrected chi connectivity index (χ0v) is 13.9. The quantitative estimate of drug-likeness (QED) is 0.853. The lowest BCUT2D eigenvalue weighted by atomic mass is 10.1. The van der Waals surface area contributed by atoms with Gasteiger partial charge in [0.05, 0.1) is 13.5 Å². The summed E-state index contributed by atoms with van der Waals surface area (Å²) in [6.45, 7) is 5.77. The number of nitrogens with zero attached hydrogens (tertiary/aromatic N) is 2. The van der Waals surface area contributed by atoms with Crippen molar-refractivity contribution in [3.8, 4) is 5.75 Å². The maximum Gasteiger partial charge on any atom is 0.227 e. The van der Waals surface area contributed by atoms with Gasteiger partial charge in [0.25, 0.3) is 0 Å². The molecule has 0 atom stereocenters. The van der Waals surface area contributed by atoms with E-state index in [0.717, 1.165) is 11.1 Å². The Labute approximate surface area is 135 Å². The van der Waals surface area contributed by atoms with Crippen LogP contribution in [0.1, 0.15) is 18.1 Å². The van der Waals surface area contributed by atoms with Gasteiger partial charge in [-0.3, -0.25) is 9.59 Å². The van der Waals surface area contributed by atoms with E-state index < -0.39 is 0 Å². The monoisotopic (exact) mass is 324 g/mol. The SMILES string of the molecule is COc1cc(C)c(Cl)cc1CC(=O)N1CCN(C(C)=O)CC1. The summed E-state index contributed by atoms with van der Waals surface area (Å²) in [7, 11) is 1.59. The third-order valence-corrected chi connectivity index (χ3v) is 4.39. The molecular weight excluding hydrogens is 304 g/mol. The number of methoxy groups -OCH3 is 1. The topological polar surface area (TPSA) is 49.9 Å². The number of piperazine rings is 1. The fraction of sp³-hybridized carbons (Fsp3) is 0.500. The second-order valence-electron chi connectivity index (χ2n) is 5.48. The van der Waals surface area contributed by atoms with Crippen molar-refractivity contribution in [3.05, 3.63) is 28.3 Å². The Hall–Kier alpha value is -1.75. The minimum absolute atomic E-state index is 0.0291. The first-order chi connectivity index (χ1) is 10.4. The Bertz CT molecular complexity index is 581. The molecule has 0 saturated carbocycles. The van der Waals surface area contributed by atoms with Gasteiger partial charge in [-0.1, -0.05) is 11.6 Å². The van der Waals surface area contributed by atoms with Gasteiger partial charge >= 0.3 is 0 Å². The molecule has 1 aliphatic heterocycles. The van der Waals surface area contributed by atoms with Gasteiger partial charge in [-0.15, -0.1) is 0 Å². The van der Waals surface area contributed by atoms with Gasteiger partial charge in [0.1, 0.15) is 5.75 Å². The highest BCUT2D eigenvalue weighted by atomic mass is 35.5. The average Bonchev–Trinajstić information content (AvgIpc) is 2.50. The Morgan fingerprint density at radius 2 is 1.77 bits per heavy atom. The molecule has 1 aromatic rings. The molecule has 0 bridgehead atoms. The van der Waals surface area contributed by atoms with E-state index in [2.05, 4.69) is 0 Å². The number of halogens is 1. The molecular formula is C16H21ClN2O3. The van der Waals surface area contributed by atoms with E-state index in [4.69, 9.17) is 16.3 Å². The minimum Gasteiger partial charge on any atom is -0.496 e. The van der Waals surface area contributed by atoms with Crippen LogP contribution in [0.5, 0.6) is 5.75 Å². The smallest absolute Gasteiger partial charge is 0.227 e. The number of benzene rings is 1. The van der Waals surface area contributed by atoms with Crippen LogP contribution in [0, 0.1) is 6.92 Å². The van der Waals surface area contributed by atoms with Crippen LogP contribution in [0.3, 0.4) is 0 Å². The van der Waals surface area contributed by atoms with Crippen LogP contribution in [0.15, 0.2) is 12.1 Å². The van der Waals surface area contributed by atoms with Gasteiger partial charge in [-0.2, -0.15) is 0 Å². The van der Waals surface area contributed by atoms with Crippen molar-refractivity contribution in [2.75, 3.05) is 33.3 Å². The van der Waals surface area contributed by atoms with E-state index in [1.807, 2.05) is 13.0 Å². The second kappa shape index (κ2) is 7.01. The predicted octanol–water partition coefficient (Wildman–Crippen LogP) is 1.89. The molecule has 22 heavy (non-hydrogen) atoms. The number of hydrogen-bond acceptors (Lipinski definition) is 3. The first-order valence-electron chi connectivity index (χ1n) is 7.28. The van der Waals surface area contributed by atoms with Crippen molar-refractivity contribution in [1.29, 1.82) is 0 Å². The van der Waals surface area contributed by atoms with E-state index in [1.54, 1.807) is 29.9 Å². The zero-order valence-electron chi connectivity index (χ0n) is 13.2. The first-order valence-corrected chi connectivity index (χ1v) is 7.66. The fourth-order valence-electron chi connectivity index (χ4n) is 2.57. The number of ether oxygens (including phenoxy) is 1.